The summed E-state index contributed by atoms with van der Waals surface area (Å²) in [5, 5.41) is 0. The molecule has 3 fully saturated rings. The molecule has 26 heavy (non-hydrogen) atoms. The summed E-state index contributed by atoms with van der Waals surface area (Å²) in [6.07, 6.45) is 6.23. The average Bonchev–Trinajstić information content (AvgIpc) is 2.88. The zero-order valence-electron chi connectivity index (χ0n) is 16.8. The summed E-state index contributed by atoms with van der Waals surface area (Å²) in [6, 6.07) is 0. The van der Waals surface area contributed by atoms with Crippen molar-refractivity contribution < 1.29 is 19.1 Å². The van der Waals surface area contributed by atoms with Crippen molar-refractivity contribution in [3.05, 3.63) is 12.2 Å². The van der Waals surface area contributed by atoms with Gasteiger partial charge in [0.15, 0.2) is 0 Å². The number of ether oxygens (including phenoxy) is 2. The van der Waals surface area contributed by atoms with E-state index in [1.165, 1.54) is 25.3 Å². The van der Waals surface area contributed by atoms with Crippen molar-refractivity contribution in [1.29, 1.82) is 0 Å². The van der Waals surface area contributed by atoms with Gasteiger partial charge in [-0.25, -0.2) is 0 Å². The van der Waals surface area contributed by atoms with Crippen LogP contribution in [0.2, 0.25) is 0 Å². The fraction of sp³-hybridized carbons (Fsp3) is 0.818. The van der Waals surface area contributed by atoms with Crippen molar-refractivity contribution in [3.63, 3.8) is 0 Å². The van der Waals surface area contributed by atoms with Crippen molar-refractivity contribution in [2.24, 2.45) is 34.5 Å². The second-order valence-electron chi connectivity index (χ2n) is 9.83. The van der Waals surface area contributed by atoms with Gasteiger partial charge >= 0.3 is 11.9 Å². The summed E-state index contributed by atoms with van der Waals surface area (Å²) in [7, 11) is 0. The monoisotopic (exact) mass is 362 g/mol. The molecule has 0 aromatic rings. The van der Waals surface area contributed by atoms with Crippen LogP contribution < -0.4 is 0 Å². The number of hydrogen-bond donors (Lipinski definition) is 0. The van der Waals surface area contributed by atoms with Gasteiger partial charge in [0.05, 0.1) is 19.6 Å². The highest BCUT2D eigenvalue weighted by Crippen LogP contribution is 2.61. The number of carbonyl (C=O) groups excluding carboxylic acids is 2. The Labute approximate surface area is 157 Å². The number of esters is 2. The molecule has 1 heterocycles. The SMILES string of the molecule is C=C1CCCC(C)(C)C2CC(C)(C3COC(=O)CC3COC(C)=O)CC12. The van der Waals surface area contributed by atoms with E-state index in [2.05, 4.69) is 27.4 Å². The van der Waals surface area contributed by atoms with Crippen LogP contribution in [-0.2, 0) is 19.1 Å². The molecule has 4 nitrogen and oxygen atoms in total. The molecule has 3 aliphatic rings. The van der Waals surface area contributed by atoms with Gasteiger partial charge in [-0.1, -0.05) is 32.9 Å². The lowest BCUT2D eigenvalue weighted by Crippen LogP contribution is -2.43. The number of fused-ring (bicyclic) bond motifs is 1. The molecule has 2 saturated carbocycles. The summed E-state index contributed by atoms with van der Waals surface area (Å²) in [6.45, 7) is 13.8. The molecule has 146 valence electrons. The minimum Gasteiger partial charge on any atom is -0.466 e. The molecule has 0 spiro atoms. The fourth-order valence-electron chi connectivity index (χ4n) is 5.97. The topological polar surface area (TPSA) is 52.6 Å². The molecular weight excluding hydrogens is 328 g/mol. The number of rotatable bonds is 3. The van der Waals surface area contributed by atoms with Gasteiger partial charge in [-0.3, -0.25) is 9.59 Å². The highest BCUT2D eigenvalue weighted by molar-refractivity contribution is 5.70. The van der Waals surface area contributed by atoms with E-state index in [0.717, 1.165) is 19.3 Å². The van der Waals surface area contributed by atoms with Gasteiger partial charge in [0.25, 0.3) is 0 Å². The molecule has 1 saturated heterocycles. The van der Waals surface area contributed by atoms with E-state index in [0.29, 0.717) is 36.9 Å². The van der Waals surface area contributed by atoms with Crippen molar-refractivity contribution >= 4 is 11.9 Å². The standard InChI is InChI=1S/C22H34O4/c1-14-7-6-8-21(3,4)18-11-22(5,10-17(14)18)19-13-26-20(24)9-16(19)12-25-15(2)23/h16-19H,1,6-13H2,2-5H3. The van der Waals surface area contributed by atoms with Crippen LogP contribution in [0.15, 0.2) is 12.2 Å². The summed E-state index contributed by atoms with van der Waals surface area (Å²) in [4.78, 5) is 23.2. The molecule has 3 rings (SSSR count). The van der Waals surface area contributed by atoms with Crippen LogP contribution in [0, 0.1) is 34.5 Å². The molecule has 2 aliphatic carbocycles. The first-order valence-corrected chi connectivity index (χ1v) is 10.1. The van der Waals surface area contributed by atoms with E-state index in [-0.39, 0.29) is 29.2 Å². The first-order chi connectivity index (χ1) is 12.1. The van der Waals surface area contributed by atoms with E-state index >= 15 is 0 Å². The third-order valence-electron chi connectivity index (χ3n) is 7.52. The lowest BCUT2D eigenvalue weighted by molar-refractivity contribution is -0.163. The summed E-state index contributed by atoms with van der Waals surface area (Å²) in [5.74, 6) is 1.05. The zero-order valence-corrected chi connectivity index (χ0v) is 16.8. The molecule has 0 radical (unpaired) electrons. The minimum absolute atomic E-state index is 0.0591. The van der Waals surface area contributed by atoms with Crippen molar-refractivity contribution in [3.8, 4) is 0 Å². The van der Waals surface area contributed by atoms with Crippen LogP contribution in [0.25, 0.3) is 0 Å². The Bertz CT molecular complexity index is 593. The zero-order chi connectivity index (χ0) is 19.1. The van der Waals surface area contributed by atoms with Gasteiger partial charge in [-0.05, 0) is 54.8 Å². The molecule has 0 aromatic carbocycles. The number of allylic oxidation sites excluding steroid dienone is 1. The van der Waals surface area contributed by atoms with Crippen LogP contribution >= 0.6 is 0 Å². The van der Waals surface area contributed by atoms with Crippen LogP contribution in [-0.4, -0.2) is 25.2 Å². The van der Waals surface area contributed by atoms with Crippen LogP contribution in [0.3, 0.4) is 0 Å². The Hall–Kier alpha value is -1.32. The maximum Gasteiger partial charge on any atom is 0.306 e. The van der Waals surface area contributed by atoms with Gasteiger partial charge in [0, 0.05) is 18.8 Å². The Balaban J connectivity index is 1.83. The molecule has 0 amide bonds. The third kappa shape index (κ3) is 3.70. The lowest BCUT2D eigenvalue weighted by Gasteiger charge is -2.42. The van der Waals surface area contributed by atoms with Gasteiger partial charge in [-0.15, -0.1) is 0 Å². The lowest BCUT2D eigenvalue weighted by atomic mass is 9.66. The molecule has 4 heteroatoms. The third-order valence-corrected chi connectivity index (χ3v) is 7.52. The van der Waals surface area contributed by atoms with Crippen LogP contribution in [0.4, 0.5) is 0 Å². The average molecular weight is 363 g/mol. The molecule has 0 N–H and O–H groups in total. The van der Waals surface area contributed by atoms with Gasteiger partial charge < -0.3 is 9.47 Å². The van der Waals surface area contributed by atoms with E-state index in [4.69, 9.17) is 9.47 Å². The van der Waals surface area contributed by atoms with Crippen LogP contribution in [0.1, 0.15) is 66.2 Å². The first-order valence-electron chi connectivity index (χ1n) is 10.1. The summed E-state index contributed by atoms with van der Waals surface area (Å²) >= 11 is 0. The smallest absolute Gasteiger partial charge is 0.306 e. The normalized spacial score (nSPS) is 39.7. The van der Waals surface area contributed by atoms with E-state index < -0.39 is 0 Å². The number of hydrogen-bond acceptors (Lipinski definition) is 4. The van der Waals surface area contributed by atoms with Gasteiger partial charge in [-0.2, -0.15) is 0 Å². The predicted octanol–water partition coefficient (Wildman–Crippen LogP) is 4.53. The maximum atomic E-state index is 11.9. The molecular formula is C22H34O4. The Morgan fingerprint density at radius 2 is 2.00 bits per heavy atom. The van der Waals surface area contributed by atoms with E-state index in [9.17, 15) is 9.59 Å². The molecule has 5 atom stereocenters. The number of carbonyl (C=O) groups is 2. The molecule has 5 unspecified atom stereocenters. The molecule has 0 bridgehead atoms. The second-order valence-corrected chi connectivity index (χ2v) is 9.83. The van der Waals surface area contributed by atoms with Crippen molar-refractivity contribution in [1.82, 2.24) is 0 Å². The Morgan fingerprint density at radius 1 is 1.27 bits per heavy atom. The second kappa shape index (κ2) is 7.01. The van der Waals surface area contributed by atoms with E-state index in [1.807, 2.05) is 0 Å². The first kappa shape index (κ1) is 19.4. The maximum absolute atomic E-state index is 11.9. The summed E-state index contributed by atoms with van der Waals surface area (Å²) in [5.41, 5.74) is 1.82. The van der Waals surface area contributed by atoms with E-state index in [1.54, 1.807) is 0 Å². The molecule has 1 aliphatic heterocycles. The fourth-order valence-corrected chi connectivity index (χ4v) is 5.97. The van der Waals surface area contributed by atoms with Gasteiger partial charge in [0.2, 0.25) is 0 Å². The largest absolute Gasteiger partial charge is 0.466 e. The van der Waals surface area contributed by atoms with Gasteiger partial charge in [0.1, 0.15) is 0 Å². The van der Waals surface area contributed by atoms with Crippen LogP contribution in [0.5, 0.6) is 0 Å². The molecule has 0 aromatic heterocycles. The van der Waals surface area contributed by atoms with Crippen molar-refractivity contribution in [2.75, 3.05) is 13.2 Å². The predicted molar refractivity (Wildman–Crippen MR) is 100 cm³/mol. The Kier molecular flexibility index (Phi) is 5.24. The Morgan fingerprint density at radius 3 is 2.69 bits per heavy atom. The number of cyclic esters (lactones) is 1. The quantitative estimate of drug-likeness (QED) is 0.547. The summed E-state index contributed by atoms with van der Waals surface area (Å²) < 4.78 is 10.8. The highest BCUT2D eigenvalue weighted by atomic mass is 16.5. The highest BCUT2D eigenvalue weighted by Gasteiger charge is 2.55. The van der Waals surface area contributed by atoms with Crippen molar-refractivity contribution in [2.45, 2.75) is 66.2 Å². The minimum atomic E-state index is -0.279.